The molecule has 0 aliphatic carbocycles. The van der Waals surface area contributed by atoms with E-state index in [1.165, 1.54) is 5.56 Å². The number of para-hydroxylation sites is 1. The van der Waals surface area contributed by atoms with Gasteiger partial charge >= 0.3 is 0 Å². The first kappa shape index (κ1) is 26.5. The second-order valence-corrected chi connectivity index (χ2v) is 9.96. The van der Waals surface area contributed by atoms with Crippen LogP contribution in [0.25, 0.3) is 11.0 Å². The van der Waals surface area contributed by atoms with Crippen molar-refractivity contribution in [1.82, 2.24) is 25.3 Å². The summed E-state index contributed by atoms with van der Waals surface area (Å²) >= 11 is 0. The summed E-state index contributed by atoms with van der Waals surface area (Å²) in [6.07, 6.45) is 6.14. The number of pyridine rings is 1. The molecule has 1 fully saturated rings. The monoisotopic (exact) mass is 526 g/mol. The quantitative estimate of drug-likeness (QED) is 0.328. The lowest BCUT2D eigenvalue weighted by Gasteiger charge is -2.32. The Balaban J connectivity index is 1.52. The van der Waals surface area contributed by atoms with Gasteiger partial charge in [0.25, 0.3) is 0 Å². The Morgan fingerprint density at radius 1 is 1.08 bits per heavy atom. The Bertz CT molecular complexity index is 1400. The van der Waals surface area contributed by atoms with Crippen LogP contribution in [-0.4, -0.2) is 51.0 Å². The maximum atomic E-state index is 14.1. The van der Waals surface area contributed by atoms with Gasteiger partial charge in [0.2, 0.25) is 11.8 Å². The normalized spacial score (nSPS) is 16.6. The lowest BCUT2D eigenvalue weighted by Crippen LogP contribution is -2.46. The maximum absolute atomic E-state index is 14.1. The van der Waals surface area contributed by atoms with E-state index in [1.807, 2.05) is 48.5 Å². The molecule has 3 heterocycles. The van der Waals surface area contributed by atoms with Gasteiger partial charge in [-0.1, -0.05) is 43.3 Å². The zero-order chi connectivity index (χ0) is 27.2. The molecule has 1 aliphatic heterocycles. The molecule has 2 aromatic heterocycles. The lowest BCUT2D eigenvalue weighted by atomic mass is 9.97. The number of rotatable bonds is 10. The van der Waals surface area contributed by atoms with E-state index in [0.29, 0.717) is 35.8 Å². The van der Waals surface area contributed by atoms with Crippen LogP contribution in [-0.2, 0) is 20.9 Å². The van der Waals surface area contributed by atoms with Crippen molar-refractivity contribution in [2.24, 2.45) is 0 Å². The highest BCUT2D eigenvalue weighted by atomic mass is 16.5. The van der Waals surface area contributed by atoms with Gasteiger partial charge in [-0.05, 0) is 72.7 Å². The van der Waals surface area contributed by atoms with Crippen molar-refractivity contribution in [1.29, 1.82) is 0 Å². The third-order valence-corrected chi connectivity index (χ3v) is 7.38. The zero-order valence-corrected chi connectivity index (χ0v) is 22.4. The molecule has 0 saturated carbocycles. The van der Waals surface area contributed by atoms with Crippen molar-refractivity contribution in [2.75, 3.05) is 18.1 Å². The zero-order valence-electron chi connectivity index (χ0n) is 22.4. The fourth-order valence-corrected chi connectivity index (χ4v) is 4.95. The fourth-order valence-electron chi connectivity index (χ4n) is 4.95. The molecule has 39 heavy (non-hydrogen) atoms. The van der Waals surface area contributed by atoms with Crippen molar-refractivity contribution in [3.8, 4) is 0 Å². The highest BCUT2D eigenvalue weighted by molar-refractivity contribution is 6.01. The molecule has 0 bridgehead atoms. The number of ether oxygens (including phenoxy) is 1. The Labute approximate surface area is 228 Å². The highest BCUT2D eigenvalue weighted by Crippen LogP contribution is 2.30. The highest BCUT2D eigenvalue weighted by Gasteiger charge is 2.34. The van der Waals surface area contributed by atoms with Crippen LogP contribution in [0.3, 0.4) is 0 Å². The molecule has 2 aromatic carbocycles. The summed E-state index contributed by atoms with van der Waals surface area (Å²) < 4.78 is 7.29. The summed E-state index contributed by atoms with van der Waals surface area (Å²) in [5.41, 5.74) is 3.93. The minimum atomic E-state index is -0.911. The minimum absolute atomic E-state index is 0.0208. The van der Waals surface area contributed by atoms with Gasteiger partial charge in [0.05, 0.1) is 11.6 Å². The fraction of sp³-hybridized carbons (Fsp3) is 0.367. The molecule has 9 heteroatoms. The molecule has 3 unspecified atom stereocenters. The van der Waals surface area contributed by atoms with E-state index in [4.69, 9.17) is 4.74 Å². The van der Waals surface area contributed by atoms with Gasteiger partial charge in [0.1, 0.15) is 18.1 Å². The van der Waals surface area contributed by atoms with Crippen LogP contribution in [0.15, 0.2) is 73.1 Å². The molecule has 1 saturated heterocycles. The minimum Gasteiger partial charge on any atom is -0.376 e. The predicted molar refractivity (Wildman–Crippen MR) is 149 cm³/mol. The number of aromatic nitrogens is 4. The summed E-state index contributed by atoms with van der Waals surface area (Å²) in [6, 6.07) is 18.0. The number of benzene rings is 2. The first-order valence-corrected chi connectivity index (χ1v) is 13.5. The number of amides is 2. The van der Waals surface area contributed by atoms with Gasteiger partial charge in [-0.3, -0.25) is 19.5 Å². The summed E-state index contributed by atoms with van der Waals surface area (Å²) in [5, 5.41) is 11.5. The van der Waals surface area contributed by atoms with E-state index in [0.717, 1.165) is 24.8 Å². The van der Waals surface area contributed by atoms with E-state index in [-0.39, 0.29) is 24.5 Å². The predicted octanol–water partition coefficient (Wildman–Crippen LogP) is 4.41. The standard InChI is InChI=1S/C30H34N6O3/c1-3-21(2)22-10-12-24(13-11-22)36(28(37)20-35-27-9-5-4-8-26(27)33-34-35)29(23-14-16-31-17-15-23)30(38)32-19-25-7-6-18-39-25/h4-5,8-17,21,25,29H,3,6-7,18-20H2,1-2H3,(H,32,38). The number of carbonyl (C=O) groups is 2. The Hall–Kier alpha value is -4.11. The molecular weight excluding hydrogens is 492 g/mol. The number of nitrogens with zero attached hydrogens (tertiary/aromatic N) is 5. The van der Waals surface area contributed by atoms with Crippen LogP contribution in [0.5, 0.6) is 0 Å². The maximum Gasteiger partial charge on any atom is 0.249 e. The van der Waals surface area contributed by atoms with Gasteiger partial charge in [0.15, 0.2) is 0 Å². The lowest BCUT2D eigenvalue weighted by molar-refractivity contribution is -0.127. The Kier molecular flexibility index (Phi) is 8.27. The number of hydrogen-bond donors (Lipinski definition) is 1. The third-order valence-electron chi connectivity index (χ3n) is 7.38. The number of fused-ring (bicyclic) bond motifs is 1. The van der Waals surface area contributed by atoms with E-state index in [2.05, 4.69) is 34.5 Å². The molecule has 4 aromatic rings. The largest absolute Gasteiger partial charge is 0.376 e. The third kappa shape index (κ3) is 5.98. The second kappa shape index (κ2) is 12.2. The average Bonchev–Trinajstić information content (AvgIpc) is 3.65. The molecule has 1 N–H and O–H groups in total. The van der Waals surface area contributed by atoms with Gasteiger partial charge in [-0.15, -0.1) is 5.10 Å². The van der Waals surface area contributed by atoms with Crippen molar-refractivity contribution in [3.05, 3.63) is 84.2 Å². The Morgan fingerprint density at radius 3 is 2.56 bits per heavy atom. The number of anilines is 1. The van der Waals surface area contributed by atoms with Crippen LogP contribution in [0.2, 0.25) is 0 Å². The first-order valence-electron chi connectivity index (χ1n) is 13.5. The van der Waals surface area contributed by atoms with E-state index >= 15 is 0 Å². The van der Waals surface area contributed by atoms with E-state index < -0.39 is 6.04 Å². The molecule has 9 nitrogen and oxygen atoms in total. The molecule has 3 atom stereocenters. The van der Waals surface area contributed by atoms with Crippen molar-refractivity contribution in [2.45, 2.75) is 57.7 Å². The van der Waals surface area contributed by atoms with Crippen molar-refractivity contribution >= 4 is 28.5 Å². The van der Waals surface area contributed by atoms with Crippen LogP contribution >= 0.6 is 0 Å². The van der Waals surface area contributed by atoms with E-state index in [1.54, 1.807) is 34.1 Å². The number of nitrogens with one attached hydrogen (secondary N) is 1. The summed E-state index contributed by atoms with van der Waals surface area (Å²) in [6.45, 7) is 5.34. The van der Waals surface area contributed by atoms with Crippen LogP contribution in [0.4, 0.5) is 5.69 Å². The molecule has 202 valence electrons. The molecule has 0 spiro atoms. The topological polar surface area (TPSA) is 102 Å². The number of carbonyl (C=O) groups excluding carboxylic acids is 2. The van der Waals surface area contributed by atoms with Crippen molar-refractivity contribution in [3.63, 3.8) is 0 Å². The van der Waals surface area contributed by atoms with Crippen LogP contribution in [0.1, 0.15) is 56.2 Å². The SMILES string of the molecule is CCC(C)c1ccc(N(C(=O)Cn2nnc3ccccc32)C(C(=O)NCC2CCCO2)c2ccncc2)cc1. The molecule has 2 amide bonds. The molecular formula is C30H34N6O3. The molecule has 5 rings (SSSR count). The van der Waals surface area contributed by atoms with Gasteiger partial charge in [0, 0.05) is 31.2 Å². The first-order chi connectivity index (χ1) is 19.0. The summed E-state index contributed by atoms with van der Waals surface area (Å²) in [4.78, 5) is 33.7. The van der Waals surface area contributed by atoms with Crippen LogP contribution < -0.4 is 10.2 Å². The smallest absolute Gasteiger partial charge is 0.249 e. The number of hydrogen-bond acceptors (Lipinski definition) is 6. The van der Waals surface area contributed by atoms with Gasteiger partial charge < -0.3 is 10.1 Å². The molecule has 1 aliphatic rings. The second-order valence-electron chi connectivity index (χ2n) is 9.96. The summed E-state index contributed by atoms with van der Waals surface area (Å²) in [7, 11) is 0. The summed E-state index contributed by atoms with van der Waals surface area (Å²) in [5.74, 6) is -0.175. The Morgan fingerprint density at radius 2 is 1.85 bits per heavy atom. The average molecular weight is 527 g/mol. The van der Waals surface area contributed by atoms with E-state index in [9.17, 15) is 9.59 Å². The van der Waals surface area contributed by atoms with Crippen molar-refractivity contribution < 1.29 is 14.3 Å². The van der Waals surface area contributed by atoms with Gasteiger partial charge in [-0.25, -0.2) is 4.68 Å². The van der Waals surface area contributed by atoms with Gasteiger partial charge in [-0.2, -0.15) is 0 Å². The van der Waals surface area contributed by atoms with Crippen LogP contribution in [0, 0.1) is 0 Å². The molecule has 0 radical (unpaired) electrons.